The maximum absolute atomic E-state index is 8.95. The number of aromatic nitrogens is 2. The zero-order chi connectivity index (χ0) is 12.5. The number of fused-ring (bicyclic) bond motifs is 1. The van der Waals surface area contributed by atoms with Crippen LogP contribution in [0.1, 0.15) is 16.3 Å². The van der Waals surface area contributed by atoms with Crippen molar-refractivity contribution in [1.29, 1.82) is 5.26 Å². The Hall–Kier alpha value is -2.12. The highest BCUT2D eigenvalue weighted by molar-refractivity contribution is 7.09. The van der Waals surface area contributed by atoms with E-state index in [4.69, 9.17) is 5.26 Å². The van der Waals surface area contributed by atoms with Crippen LogP contribution < -0.4 is 0 Å². The summed E-state index contributed by atoms with van der Waals surface area (Å²) >= 11 is 1.66. The molecule has 0 aliphatic rings. The van der Waals surface area contributed by atoms with Gasteiger partial charge < -0.3 is 4.57 Å². The highest BCUT2D eigenvalue weighted by Crippen LogP contribution is 2.19. The van der Waals surface area contributed by atoms with E-state index >= 15 is 0 Å². The lowest BCUT2D eigenvalue weighted by atomic mass is 10.2. The molecule has 0 spiro atoms. The van der Waals surface area contributed by atoms with Crippen molar-refractivity contribution in [1.82, 2.24) is 9.55 Å². The average Bonchev–Trinajstić information content (AvgIpc) is 2.96. The average molecular weight is 253 g/mol. The first-order chi connectivity index (χ1) is 8.76. The molecule has 0 N–H and O–H groups in total. The zero-order valence-electron chi connectivity index (χ0n) is 9.92. The third-order valence-electron chi connectivity index (χ3n) is 2.90. The van der Waals surface area contributed by atoms with Crippen LogP contribution in [0.5, 0.6) is 0 Å². The van der Waals surface area contributed by atoms with Gasteiger partial charge in [0.1, 0.15) is 0 Å². The van der Waals surface area contributed by atoms with Crippen LogP contribution in [0.3, 0.4) is 0 Å². The van der Waals surface area contributed by atoms with Crippen LogP contribution in [0.25, 0.3) is 10.9 Å². The van der Waals surface area contributed by atoms with E-state index < -0.39 is 0 Å². The van der Waals surface area contributed by atoms with Crippen molar-refractivity contribution >= 4 is 22.2 Å². The van der Waals surface area contributed by atoms with Crippen molar-refractivity contribution in [3.05, 3.63) is 52.1 Å². The van der Waals surface area contributed by atoms with Crippen LogP contribution in [0, 0.1) is 18.3 Å². The van der Waals surface area contributed by atoms with Crippen molar-refractivity contribution < 1.29 is 0 Å². The Labute approximate surface area is 109 Å². The second-order valence-corrected chi connectivity index (χ2v) is 5.25. The first kappa shape index (κ1) is 11.0. The molecule has 0 aliphatic carbocycles. The maximum atomic E-state index is 8.95. The van der Waals surface area contributed by atoms with E-state index in [9.17, 15) is 0 Å². The Bertz CT molecular complexity index is 746. The van der Waals surface area contributed by atoms with E-state index in [2.05, 4.69) is 27.1 Å². The minimum atomic E-state index is 0.692. The molecule has 0 radical (unpaired) electrons. The van der Waals surface area contributed by atoms with Crippen LogP contribution >= 0.6 is 11.3 Å². The summed E-state index contributed by atoms with van der Waals surface area (Å²) in [4.78, 5) is 4.47. The summed E-state index contributed by atoms with van der Waals surface area (Å²) < 4.78 is 2.13. The quantitative estimate of drug-likeness (QED) is 0.703. The standard InChI is InChI=1S/C14H11N3S/c1-10-16-13(9-18-10)8-17-5-4-12-3-2-11(7-15)6-14(12)17/h2-6,9H,8H2,1H3. The van der Waals surface area contributed by atoms with Gasteiger partial charge >= 0.3 is 0 Å². The van der Waals surface area contributed by atoms with Gasteiger partial charge in [-0.3, -0.25) is 0 Å². The Kier molecular flexibility index (Phi) is 2.62. The summed E-state index contributed by atoms with van der Waals surface area (Å²) in [7, 11) is 0. The third-order valence-corrected chi connectivity index (χ3v) is 3.72. The first-order valence-corrected chi connectivity index (χ1v) is 6.54. The fraction of sp³-hybridized carbons (Fsp3) is 0.143. The normalized spacial score (nSPS) is 10.7. The second kappa shape index (κ2) is 4.28. The lowest BCUT2D eigenvalue weighted by Crippen LogP contribution is -1.98. The second-order valence-electron chi connectivity index (χ2n) is 4.19. The Morgan fingerprint density at radius 3 is 3.00 bits per heavy atom. The van der Waals surface area contributed by atoms with E-state index in [0.717, 1.165) is 28.1 Å². The summed E-state index contributed by atoms with van der Waals surface area (Å²) in [5.41, 5.74) is 2.84. The van der Waals surface area contributed by atoms with Gasteiger partial charge in [0, 0.05) is 17.1 Å². The van der Waals surface area contributed by atoms with E-state index in [1.807, 2.05) is 31.3 Å². The predicted octanol–water partition coefficient (Wildman–Crippen LogP) is 3.33. The molecule has 0 unspecified atom stereocenters. The molecule has 0 aliphatic heterocycles. The van der Waals surface area contributed by atoms with Crippen molar-refractivity contribution in [2.75, 3.05) is 0 Å². The van der Waals surface area contributed by atoms with Crippen LogP contribution in [-0.2, 0) is 6.54 Å². The Morgan fingerprint density at radius 1 is 1.39 bits per heavy atom. The smallest absolute Gasteiger partial charge is 0.0992 e. The molecule has 2 heterocycles. The molecule has 0 amide bonds. The molecule has 0 saturated carbocycles. The van der Waals surface area contributed by atoms with Crippen molar-refractivity contribution in [2.24, 2.45) is 0 Å². The molecule has 0 atom stereocenters. The van der Waals surface area contributed by atoms with Gasteiger partial charge in [0.15, 0.2) is 0 Å². The molecule has 0 bridgehead atoms. The molecular weight excluding hydrogens is 242 g/mol. The lowest BCUT2D eigenvalue weighted by Gasteiger charge is -2.03. The van der Waals surface area contributed by atoms with Crippen LogP contribution in [0.4, 0.5) is 0 Å². The Morgan fingerprint density at radius 2 is 2.28 bits per heavy atom. The summed E-state index contributed by atoms with van der Waals surface area (Å²) in [5, 5.41) is 13.3. The van der Waals surface area contributed by atoms with Crippen LogP contribution in [0.2, 0.25) is 0 Å². The molecule has 3 rings (SSSR count). The van der Waals surface area contributed by atoms with Gasteiger partial charge in [0.05, 0.1) is 28.9 Å². The van der Waals surface area contributed by atoms with Gasteiger partial charge in [-0.25, -0.2) is 4.98 Å². The van der Waals surface area contributed by atoms with Gasteiger partial charge in [-0.2, -0.15) is 5.26 Å². The van der Waals surface area contributed by atoms with Gasteiger partial charge in [-0.15, -0.1) is 11.3 Å². The van der Waals surface area contributed by atoms with E-state index in [1.54, 1.807) is 11.3 Å². The minimum Gasteiger partial charge on any atom is -0.341 e. The summed E-state index contributed by atoms with van der Waals surface area (Å²) in [6.45, 7) is 2.76. The van der Waals surface area contributed by atoms with E-state index in [0.29, 0.717) is 5.56 Å². The van der Waals surface area contributed by atoms with Crippen LogP contribution in [0.15, 0.2) is 35.8 Å². The van der Waals surface area contributed by atoms with Gasteiger partial charge in [-0.05, 0) is 30.5 Å². The molecule has 88 valence electrons. The molecular formula is C14H11N3S. The number of hydrogen-bond donors (Lipinski definition) is 0. The largest absolute Gasteiger partial charge is 0.341 e. The van der Waals surface area contributed by atoms with E-state index in [1.165, 1.54) is 0 Å². The topological polar surface area (TPSA) is 41.6 Å². The SMILES string of the molecule is Cc1nc(Cn2ccc3ccc(C#N)cc32)cs1. The number of aryl methyl sites for hydroxylation is 1. The first-order valence-electron chi connectivity index (χ1n) is 5.66. The number of nitrogens with zero attached hydrogens (tertiary/aromatic N) is 3. The zero-order valence-corrected chi connectivity index (χ0v) is 10.7. The fourth-order valence-corrected chi connectivity index (χ4v) is 2.65. The predicted molar refractivity (Wildman–Crippen MR) is 72.6 cm³/mol. The third kappa shape index (κ3) is 1.89. The monoisotopic (exact) mass is 253 g/mol. The number of nitriles is 1. The molecule has 1 aromatic carbocycles. The van der Waals surface area contributed by atoms with E-state index in [-0.39, 0.29) is 0 Å². The number of benzene rings is 1. The molecule has 2 aromatic heterocycles. The van der Waals surface area contributed by atoms with Gasteiger partial charge in [-0.1, -0.05) is 6.07 Å². The minimum absolute atomic E-state index is 0.692. The van der Waals surface area contributed by atoms with Crippen molar-refractivity contribution in [2.45, 2.75) is 13.5 Å². The molecule has 0 saturated heterocycles. The number of thiazole rings is 1. The highest BCUT2D eigenvalue weighted by Gasteiger charge is 2.05. The molecule has 4 heteroatoms. The van der Waals surface area contributed by atoms with Gasteiger partial charge in [0.25, 0.3) is 0 Å². The summed E-state index contributed by atoms with van der Waals surface area (Å²) in [5.74, 6) is 0. The molecule has 18 heavy (non-hydrogen) atoms. The molecule has 3 nitrogen and oxygen atoms in total. The number of rotatable bonds is 2. The fourth-order valence-electron chi connectivity index (χ4n) is 2.05. The highest BCUT2D eigenvalue weighted by atomic mass is 32.1. The lowest BCUT2D eigenvalue weighted by molar-refractivity contribution is 0.811. The van der Waals surface area contributed by atoms with Crippen molar-refractivity contribution in [3.63, 3.8) is 0 Å². The summed E-state index contributed by atoms with van der Waals surface area (Å²) in [6.07, 6.45) is 2.04. The Balaban J connectivity index is 2.04. The molecule has 3 aromatic rings. The van der Waals surface area contributed by atoms with Crippen molar-refractivity contribution in [3.8, 4) is 6.07 Å². The number of hydrogen-bond acceptors (Lipinski definition) is 3. The summed E-state index contributed by atoms with van der Waals surface area (Å²) in [6, 6.07) is 10.00. The van der Waals surface area contributed by atoms with Crippen LogP contribution in [-0.4, -0.2) is 9.55 Å². The molecule has 0 fully saturated rings. The van der Waals surface area contributed by atoms with Gasteiger partial charge in [0.2, 0.25) is 0 Å². The maximum Gasteiger partial charge on any atom is 0.0992 e.